The van der Waals surface area contributed by atoms with Crippen LogP contribution in [0.15, 0.2) is 0 Å². The molecule has 0 spiro atoms. The molecule has 3 unspecified atom stereocenters. The maximum Gasteiger partial charge on any atom is 0.244 e. The van der Waals surface area contributed by atoms with Crippen LogP contribution in [0.1, 0.15) is 33.1 Å². The molecule has 0 aromatic rings. The Labute approximate surface area is 90.7 Å². The lowest BCUT2D eigenvalue weighted by Gasteiger charge is -2.35. The molecule has 78 valence electrons. The molecule has 2 nitrogen and oxygen atoms in total. The van der Waals surface area contributed by atoms with Gasteiger partial charge in [0.1, 0.15) is 0 Å². The van der Waals surface area contributed by atoms with Crippen LogP contribution in [0.25, 0.3) is 0 Å². The fourth-order valence-corrected chi connectivity index (χ4v) is 3.68. The third kappa shape index (κ3) is 3.52. The van der Waals surface area contributed by atoms with Gasteiger partial charge >= 0.3 is 0 Å². The van der Waals surface area contributed by atoms with E-state index in [0.717, 1.165) is 25.9 Å². The van der Waals surface area contributed by atoms with E-state index in [0.29, 0.717) is 5.92 Å². The Morgan fingerprint density at radius 3 is 2.77 bits per heavy atom. The van der Waals surface area contributed by atoms with E-state index < -0.39 is 5.69 Å². The van der Waals surface area contributed by atoms with E-state index in [1.165, 1.54) is 0 Å². The van der Waals surface area contributed by atoms with E-state index >= 15 is 0 Å². The first-order valence-electron chi connectivity index (χ1n) is 4.74. The van der Waals surface area contributed by atoms with Crippen LogP contribution in [-0.4, -0.2) is 12.7 Å². The molecule has 0 N–H and O–H groups in total. The molecule has 1 aliphatic heterocycles. The minimum absolute atomic E-state index is 0.270. The molecule has 1 saturated heterocycles. The van der Waals surface area contributed by atoms with Crippen molar-refractivity contribution in [2.24, 2.45) is 5.92 Å². The van der Waals surface area contributed by atoms with Gasteiger partial charge in [0.05, 0.1) is 12.7 Å². The zero-order chi connectivity index (χ0) is 9.90. The summed E-state index contributed by atoms with van der Waals surface area (Å²) in [5, 5.41) is 0. The standard InChI is InChI=1S/C8H17O2PS2/c1-3-5-8-7(4-2)6-9-11(12,13)10-8/h7-8H,3-6H2,1-2H3,(H,12,13). The van der Waals surface area contributed by atoms with Crippen LogP contribution in [0, 0.1) is 5.92 Å². The minimum Gasteiger partial charge on any atom is -0.321 e. The predicted molar refractivity (Wildman–Crippen MR) is 62.8 cm³/mol. The molecule has 0 saturated carbocycles. The van der Waals surface area contributed by atoms with Crippen molar-refractivity contribution in [2.75, 3.05) is 6.61 Å². The average molecular weight is 240 g/mol. The lowest BCUT2D eigenvalue weighted by atomic mass is 9.97. The molecule has 13 heavy (non-hydrogen) atoms. The lowest BCUT2D eigenvalue weighted by molar-refractivity contribution is 0.0444. The Kier molecular flexibility index (Phi) is 4.73. The number of rotatable bonds is 3. The average Bonchev–Trinajstić information content (AvgIpc) is 2.04. The van der Waals surface area contributed by atoms with Gasteiger partial charge < -0.3 is 9.05 Å². The van der Waals surface area contributed by atoms with Crippen LogP contribution in [0.3, 0.4) is 0 Å². The first-order chi connectivity index (χ1) is 6.09. The van der Waals surface area contributed by atoms with Crippen LogP contribution in [-0.2, 0) is 20.9 Å². The molecule has 0 radical (unpaired) electrons. The summed E-state index contributed by atoms with van der Waals surface area (Å²) in [6.45, 7) is 5.04. The van der Waals surface area contributed by atoms with Crippen molar-refractivity contribution in [1.82, 2.24) is 0 Å². The van der Waals surface area contributed by atoms with Crippen molar-refractivity contribution >= 4 is 29.7 Å². The van der Waals surface area contributed by atoms with Gasteiger partial charge in [0.25, 0.3) is 0 Å². The van der Waals surface area contributed by atoms with E-state index in [4.69, 9.17) is 20.9 Å². The summed E-state index contributed by atoms with van der Waals surface area (Å²) in [6, 6.07) is 0. The highest BCUT2D eigenvalue weighted by Gasteiger charge is 2.32. The SMILES string of the molecule is CCCC1OP(=S)(S)OCC1CC. The van der Waals surface area contributed by atoms with E-state index in [1.54, 1.807) is 0 Å². The number of hydrogen-bond donors (Lipinski definition) is 1. The molecular weight excluding hydrogens is 223 g/mol. The predicted octanol–water partition coefficient (Wildman–Crippen LogP) is 3.38. The zero-order valence-electron chi connectivity index (χ0n) is 8.10. The second-order valence-corrected chi connectivity index (χ2v) is 8.61. The Morgan fingerprint density at radius 1 is 1.54 bits per heavy atom. The van der Waals surface area contributed by atoms with Crippen molar-refractivity contribution in [3.05, 3.63) is 0 Å². The van der Waals surface area contributed by atoms with Gasteiger partial charge in [-0.2, -0.15) is 0 Å². The summed E-state index contributed by atoms with van der Waals surface area (Å²) in [4.78, 5) is 0. The fourth-order valence-electron chi connectivity index (χ4n) is 1.54. The zero-order valence-corrected chi connectivity index (χ0v) is 10.7. The molecular formula is C8H17O2PS2. The van der Waals surface area contributed by atoms with Crippen molar-refractivity contribution < 1.29 is 9.05 Å². The maximum atomic E-state index is 5.69. The Hall–Kier alpha value is 0.920. The first kappa shape index (κ1) is 12.0. The highest BCUT2D eigenvalue weighted by molar-refractivity contribution is 8.60. The fraction of sp³-hybridized carbons (Fsp3) is 1.00. The summed E-state index contributed by atoms with van der Waals surface area (Å²) < 4.78 is 11.1. The molecule has 0 aromatic heterocycles. The van der Waals surface area contributed by atoms with Crippen molar-refractivity contribution in [2.45, 2.75) is 39.2 Å². The Bertz CT molecular complexity index is 210. The second kappa shape index (κ2) is 5.13. The van der Waals surface area contributed by atoms with Gasteiger partial charge in [-0.15, -0.1) is 0 Å². The Balaban J connectivity index is 2.57. The molecule has 1 rings (SSSR count). The molecule has 0 aromatic carbocycles. The topological polar surface area (TPSA) is 18.5 Å². The van der Waals surface area contributed by atoms with Crippen molar-refractivity contribution in [3.8, 4) is 0 Å². The summed E-state index contributed by atoms with van der Waals surface area (Å²) in [5.41, 5.74) is -2.20. The molecule has 1 aliphatic rings. The van der Waals surface area contributed by atoms with E-state index in [-0.39, 0.29) is 6.10 Å². The second-order valence-electron chi connectivity index (χ2n) is 3.37. The molecule has 1 heterocycles. The van der Waals surface area contributed by atoms with Crippen LogP contribution < -0.4 is 0 Å². The normalized spacial score (nSPS) is 40.5. The first-order valence-corrected chi connectivity index (χ1v) is 8.54. The largest absolute Gasteiger partial charge is 0.321 e. The summed E-state index contributed by atoms with van der Waals surface area (Å²) >= 11 is 9.35. The van der Waals surface area contributed by atoms with Crippen LogP contribution in [0.5, 0.6) is 0 Å². The van der Waals surface area contributed by atoms with Crippen LogP contribution in [0.2, 0.25) is 0 Å². The molecule has 5 heteroatoms. The smallest absolute Gasteiger partial charge is 0.244 e. The molecule has 0 aliphatic carbocycles. The highest BCUT2D eigenvalue weighted by atomic mass is 32.9. The summed E-state index contributed by atoms with van der Waals surface area (Å²) in [6.07, 6.45) is 3.56. The molecule has 1 fully saturated rings. The number of thiol groups is 1. The summed E-state index contributed by atoms with van der Waals surface area (Å²) in [5.74, 6) is 0.503. The number of hydrogen-bond acceptors (Lipinski definition) is 3. The third-order valence-corrected chi connectivity index (χ3v) is 4.56. The Morgan fingerprint density at radius 2 is 2.23 bits per heavy atom. The van der Waals surface area contributed by atoms with Gasteiger partial charge in [0, 0.05) is 5.92 Å². The van der Waals surface area contributed by atoms with Crippen molar-refractivity contribution in [1.29, 1.82) is 0 Å². The van der Waals surface area contributed by atoms with E-state index in [1.807, 2.05) is 0 Å². The van der Waals surface area contributed by atoms with Gasteiger partial charge in [0.2, 0.25) is 5.69 Å². The van der Waals surface area contributed by atoms with Gasteiger partial charge in [-0.25, -0.2) is 0 Å². The van der Waals surface area contributed by atoms with Gasteiger partial charge in [-0.05, 0) is 24.6 Å². The van der Waals surface area contributed by atoms with Crippen molar-refractivity contribution in [3.63, 3.8) is 0 Å². The van der Waals surface area contributed by atoms with Crippen LogP contribution >= 0.6 is 17.9 Å². The van der Waals surface area contributed by atoms with Gasteiger partial charge in [-0.3, -0.25) is 0 Å². The molecule has 0 bridgehead atoms. The van der Waals surface area contributed by atoms with E-state index in [9.17, 15) is 0 Å². The lowest BCUT2D eigenvalue weighted by Crippen LogP contribution is -2.30. The maximum absolute atomic E-state index is 5.69. The monoisotopic (exact) mass is 240 g/mol. The highest BCUT2D eigenvalue weighted by Crippen LogP contribution is 2.58. The van der Waals surface area contributed by atoms with E-state index in [2.05, 4.69) is 26.1 Å². The minimum atomic E-state index is -2.20. The molecule has 0 amide bonds. The quantitative estimate of drug-likeness (QED) is 0.602. The van der Waals surface area contributed by atoms with Gasteiger partial charge in [0.15, 0.2) is 0 Å². The third-order valence-electron chi connectivity index (χ3n) is 2.34. The summed E-state index contributed by atoms with van der Waals surface area (Å²) in [7, 11) is 0. The molecule has 3 atom stereocenters. The van der Waals surface area contributed by atoms with Crippen LogP contribution in [0.4, 0.5) is 0 Å². The van der Waals surface area contributed by atoms with Gasteiger partial charge in [-0.1, -0.05) is 32.5 Å².